The van der Waals surface area contributed by atoms with Crippen LogP contribution in [0, 0.1) is 0 Å². The smallest absolute Gasteiger partial charge is 0.306 e. The summed E-state index contributed by atoms with van der Waals surface area (Å²) in [5, 5.41) is 0. The maximum Gasteiger partial charge on any atom is 0.306 e. The first kappa shape index (κ1) is 60.6. The van der Waals surface area contributed by atoms with Gasteiger partial charge in [0.25, 0.3) is 0 Å². The molecule has 0 aromatic rings. The van der Waals surface area contributed by atoms with Crippen LogP contribution in [0.5, 0.6) is 0 Å². The van der Waals surface area contributed by atoms with Gasteiger partial charge in [-0.15, -0.1) is 0 Å². The molecule has 0 N–H and O–H groups in total. The van der Waals surface area contributed by atoms with Crippen molar-refractivity contribution < 1.29 is 28.6 Å². The van der Waals surface area contributed by atoms with E-state index in [4.69, 9.17) is 14.2 Å². The fourth-order valence-corrected chi connectivity index (χ4v) is 7.14. The molecule has 0 saturated heterocycles. The quantitative estimate of drug-likeness (QED) is 0.0199. The van der Waals surface area contributed by atoms with E-state index in [0.717, 1.165) is 103 Å². The van der Waals surface area contributed by atoms with Crippen LogP contribution < -0.4 is 0 Å². The van der Waals surface area contributed by atoms with E-state index in [-0.39, 0.29) is 31.1 Å². The van der Waals surface area contributed by atoms with Gasteiger partial charge in [0.15, 0.2) is 6.10 Å². The van der Waals surface area contributed by atoms with Gasteiger partial charge in [-0.3, -0.25) is 14.4 Å². The fraction of sp³-hybridized carbons (Fsp3) is 0.707. The molecule has 0 spiro atoms. The zero-order chi connectivity index (χ0) is 46.5. The Bertz CT molecular complexity index is 1250. The van der Waals surface area contributed by atoms with E-state index in [1.807, 2.05) is 0 Å². The van der Waals surface area contributed by atoms with E-state index >= 15 is 0 Å². The van der Waals surface area contributed by atoms with Crippen molar-refractivity contribution in [3.8, 4) is 0 Å². The average Bonchev–Trinajstić information content (AvgIpc) is 3.29. The zero-order valence-corrected chi connectivity index (χ0v) is 41.8. The van der Waals surface area contributed by atoms with E-state index < -0.39 is 6.10 Å². The largest absolute Gasteiger partial charge is 0.462 e. The molecule has 0 fully saturated rings. The second-order valence-electron chi connectivity index (χ2n) is 17.5. The molecule has 0 aliphatic rings. The summed E-state index contributed by atoms with van der Waals surface area (Å²) in [4.78, 5) is 38.0. The minimum Gasteiger partial charge on any atom is -0.462 e. The molecule has 0 amide bonds. The highest BCUT2D eigenvalue weighted by Crippen LogP contribution is 2.14. The number of esters is 3. The van der Waals surface area contributed by atoms with Gasteiger partial charge in [-0.25, -0.2) is 0 Å². The molecule has 0 aliphatic carbocycles. The van der Waals surface area contributed by atoms with Gasteiger partial charge in [-0.05, 0) is 103 Å². The third-order valence-electron chi connectivity index (χ3n) is 11.2. The second kappa shape index (κ2) is 52.2. The number of hydrogen-bond donors (Lipinski definition) is 0. The number of ether oxygens (including phenoxy) is 3. The maximum atomic E-state index is 12.8. The van der Waals surface area contributed by atoms with Crippen molar-refractivity contribution in [1.82, 2.24) is 0 Å². The Labute approximate surface area is 395 Å². The zero-order valence-electron chi connectivity index (χ0n) is 41.8. The third-order valence-corrected chi connectivity index (χ3v) is 11.2. The predicted octanol–water partition coefficient (Wildman–Crippen LogP) is 17.6. The topological polar surface area (TPSA) is 78.9 Å². The van der Waals surface area contributed by atoms with Crippen LogP contribution in [0.1, 0.15) is 245 Å². The highest BCUT2D eigenvalue weighted by molar-refractivity contribution is 5.71. The molecule has 0 bridgehead atoms. The van der Waals surface area contributed by atoms with Gasteiger partial charge in [0.1, 0.15) is 13.2 Å². The first-order valence-electron chi connectivity index (χ1n) is 26.6. The van der Waals surface area contributed by atoms with Crippen LogP contribution in [-0.4, -0.2) is 37.2 Å². The minimum atomic E-state index is -0.793. The van der Waals surface area contributed by atoms with Crippen molar-refractivity contribution in [2.24, 2.45) is 0 Å². The molecule has 64 heavy (non-hydrogen) atoms. The summed E-state index contributed by atoms with van der Waals surface area (Å²) < 4.78 is 16.8. The number of hydrogen-bond acceptors (Lipinski definition) is 6. The lowest BCUT2D eigenvalue weighted by atomic mass is 10.1. The Morgan fingerprint density at radius 3 is 1.05 bits per heavy atom. The van der Waals surface area contributed by atoms with Crippen molar-refractivity contribution in [3.05, 3.63) is 85.1 Å². The maximum absolute atomic E-state index is 12.8. The molecule has 0 saturated carbocycles. The van der Waals surface area contributed by atoms with Crippen LogP contribution in [0.25, 0.3) is 0 Å². The summed E-state index contributed by atoms with van der Waals surface area (Å²) in [6.45, 7) is 6.44. The molecule has 6 nitrogen and oxygen atoms in total. The molecular formula is C58H98O6. The third kappa shape index (κ3) is 49.6. The Hall–Kier alpha value is -3.41. The van der Waals surface area contributed by atoms with E-state index in [9.17, 15) is 14.4 Å². The lowest BCUT2D eigenvalue weighted by Crippen LogP contribution is -2.30. The SMILES string of the molecule is CC/C=C\C/C=C\C/C=C\CCCCCCCCC(=O)OCC(COC(=O)CCCCCCCC/C=C\C=C/CCCCC)OC(=O)CCCCCCCC/C=C\C=C/CCCCC. The van der Waals surface area contributed by atoms with Crippen LogP contribution in [-0.2, 0) is 28.6 Å². The van der Waals surface area contributed by atoms with Crippen LogP contribution in [0.3, 0.4) is 0 Å². The molecule has 1 atom stereocenters. The van der Waals surface area contributed by atoms with Crippen LogP contribution >= 0.6 is 0 Å². The highest BCUT2D eigenvalue weighted by atomic mass is 16.6. The van der Waals surface area contributed by atoms with Crippen molar-refractivity contribution in [1.29, 1.82) is 0 Å². The van der Waals surface area contributed by atoms with Crippen molar-refractivity contribution >= 4 is 17.9 Å². The molecule has 0 aromatic heterocycles. The first-order valence-corrected chi connectivity index (χ1v) is 26.6. The van der Waals surface area contributed by atoms with Gasteiger partial charge in [-0.2, -0.15) is 0 Å². The van der Waals surface area contributed by atoms with Crippen molar-refractivity contribution in [2.45, 2.75) is 252 Å². The Kier molecular flexibility index (Phi) is 49.4. The molecule has 0 aromatic carbocycles. The van der Waals surface area contributed by atoms with Gasteiger partial charge in [0, 0.05) is 19.3 Å². The Morgan fingerprint density at radius 2 is 0.656 bits per heavy atom. The molecule has 1 unspecified atom stereocenters. The molecule has 0 rings (SSSR count). The minimum absolute atomic E-state index is 0.0923. The summed E-state index contributed by atoms with van der Waals surface area (Å²) in [7, 11) is 0. The van der Waals surface area contributed by atoms with Crippen molar-refractivity contribution in [2.75, 3.05) is 13.2 Å². The Balaban J connectivity index is 4.45. The summed E-state index contributed by atoms with van der Waals surface area (Å²) in [6.07, 6.45) is 67.0. The van der Waals surface area contributed by atoms with Gasteiger partial charge in [0.2, 0.25) is 0 Å². The molecular weight excluding hydrogens is 793 g/mol. The number of rotatable bonds is 47. The van der Waals surface area contributed by atoms with Crippen molar-refractivity contribution in [3.63, 3.8) is 0 Å². The van der Waals surface area contributed by atoms with Crippen LogP contribution in [0.4, 0.5) is 0 Å². The summed E-state index contributed by atoms with van der Waals surface area (Å²) >= 11 is 0. The van der Waals surface area contributed by atoms with E-state index in [1.165, 1.54) is 103 Å². The molecule has 0 aliphatic heterocycles. The fourth-order valence-electron chi connectivity index (χ4n) is 7.14. The predicted molar refractivity (Wildman–Crippen MR) is 274 cm³/mol. The lowest BCUT2D eigenvalue weighted by Gasteiger charge is -2.18. The lowest BCUT2D eigenvalue weighted by molar-refractivity contribution is -0.167. The van der Waals surface area contributed by atoms with Gasteiger partial charge < -0.3 is 14.2 Å². The first-order chi connectivity index (χ1) is 31.5. The van der Waals surface area contributed by atoms with Crippen LogP contribution in [0.2, 0.25) is 0 Å². The molecule has 366 valence electrons. The Morgan fingerprint density at radius 1 is 0.344 bits per heavy atom. The highest BCUT2D eigenvalue weighted by Gasteiger charge is 2.19. The second-order valence-corrected chi connectivity index (χ2v) is 17.5. The summed E-state index contributed by atoms with van der Waals surface area (Å²) in [6, 6.07) is 0. The average molecular weight is 891 g/mol. The summed E-state index contributed by atoms with van der Waals surface area (Å²) in [5.74, 6) is -0.927. The summed E-state index contributed by atoms with van der Waals surface area (Å²) in [5.41, 5.74) is 0. The van der Waals surface area contributed by atoms with Gasteiger partial charge in [-0.1, -0.05) is 209 Å². The number of allylic oxidation sites excluding steroid dienone is 14. The van der Waals surface area contributed by atoms with E-state index in [2.05, 4.69) is 106 Å². The normalized spacial score (nSPS) is 12.7. The number of unbranched alkanes of at least 4 members (excludes halogenated alkanes) is 24. The molecule has 0 radical (unpaired) electrons. The number of carbonyl (C=O) groups is 3. The monoisotopic (exact) mass is 891 g/mol. The standard InChI is InChI=1S/C58H98O6/c1-4-7-10-13-16-19-22-25-28-31-33-36-39-42-45-48-51-57(60)63-54-55(64-58(61)52-49-46-43-40-37-34-30-27-24-21-18-15-12-9-6-3)53-62-56(59)50-47-44-41-38-35-32-29-26-23-20-17-14-11-8-5-2/h7,10,16-21,23-28,55H,4-6,8-9,11-15,22,29-54H2,1-3H3/b10-7-,19-16-,20-17-,21-18-,26-23-,27-24-,28-25-. The van der Waals surface area contributed by atoms with E-state index in [1.54, 1.807) is 0 Å². The number of carbonyl (C=O) groups excluding carboxylic acids is 3. The van der Waals surface area contributed by atoms with Gasteiger partial charge in [0.05, 0.1) is 0 Å². The van der Waals surface area contributed by atoms with Crippen LogP contribution in [0.15, 0.2) is 85.1 Å². The van der Waals surface area contributed by atoms with Gasteiger partial charge >= 0.3 is 17.9 Å². The molecule has 6 heteroatoms. The molecule has 0 heterocycles. The van der Waals surface area contributed by atoms with E-state index in [0.29, 0.717) is 19.3 Å².